The summed E-state index contributed by atoms with van der Waals surface area (Å²) in [7, 11) is 0. The summed E-state index contributed by atoms with van der Waals surface area (Å²) in [6.07, 6.45) is 0. The molecular formula is C22H28F3IN4O. The first kappa shape index (κ1) is 25.4. The van der Waals surface area contributed by atoms with Crippen LogP contribution in [-0.2, 0) is 11.3 Å². The fourth-order valence-electron chi connectivity index (χ4n) is 3.40. The van der Waals surface area contributed by atoms with Crippen molar-refractivity contribution < 1.29 is 17.9 Å². The summed E-state index contributed by atoms with van der Waals surface area (Å²) in [4.78, 5) is 6.67. The molecule has 170 valence electrons. The molecule has 1 atom stereocenters. The maximum absolute atomic E-state index is 13.9. The minimum Gasteiger partial charge on any atom is -0.379 e. The number of benzene rings is 2. The van der Waals surface area contributed by atoms with Crippen LogP contribution in [0.2, 0.25) is 0 Å². The highest BCUT2D eigenvalue weighted by Crippen LogP contribution is 2.21. The van der Waals surface area contributed by atoms with Crippen molar-refractivity contribution in [3.63, 3.8) is 0 Å². The Morgan fingerprint density at radius 1 is 1.03 bits per heavy atom. The number of rotatable bonds is 7. The Labute approximate surface area is 198 Å². The van der Waals surface area contributed by atoms with Gasteiger partial charge in [0.05, 0.1) is 25.8 Å². The van der Waals surface area contributed by atoms with Gasteiger partial charge in [-0.15, -0.1) is 24.0 Å². The maximum atomic E-state index is 13.9. The number of ether oxygens (including phenoxy) is 1. The first-order chi connectivity index (χ1) is 14.6. The van der Waals surface area contributed by atoms with E-state index in [0.717, 1.165) is 36.9 Å². The lowest BCUT2D eigenvalue weighted by Gasteiger charge is -2.35. The molecule has 0 saturated carbocycles. The van der Waals surface area contributed by atoms with Crippen LogP contribution in [0.25, 0.3) is 0 Å². The van der Waals surface area contributed by atoms with Crippen molar-refractivity contribution in [3.05, 3.63) is 71.0 Å². The lowest BCUT2D eigenvalue weighted by molar-refractivity contribution is 0.0170. The Morgan fingerprint density at radius 2 is 1.71 bits per heavy atom. The van der Waals surface area contributed by atoms with Gasteiger partial charge in [-0.25, -0.2) is 18.2 Å². The van der Waals surface area contributed by atoms with E-state index < -0.39 is 11.6 Å². The Morgan fingerprint density at radius 3 is 2.39 bits per heavy atom. The molecule has 0 radical (unpaired) electrons. The summed E-state index contributed by atoms with van der Waals surface area (Å²) in [5.41, 5.74) is 1.17. The Balaban J connectivity index is 0.00000341. The van der Waals surface area contributed by atoms with E-state index in [1.54, 1.807) is 12.1 Å². The molecule has 0 bridgehead atoms. The predicted octanol–water partition coefficient (Wildman–Crippen LogP) is 3.85. The van der Waals surface area contributed by atoms with Gasteiger partial charge in [0.15, 0.2) is 5.96 Å². The van der Waals surface area contributed by atoms with Crippen molar-refractivity contribution in [2.45, 2.75) is 19.5 Å². The molecule has 0 amide bonds. The fourth-order valence-corrected chi connectivity index (χ4v) is 3.40. The quantitative estimate of drug-likeness (QED) is 0.314. The minimum absolute atomic E-state index is 0. The van der Waals surface area contributed by atoms with Crippen molar-refractivity contribution in [1.29, 1.82) is 0 Å². The second-order valence-corrected chi connectivity index (χ2v) is 7.03. The molecule has 5 nitrogen and oxygen atoms in total. The molecule has 0 aromatic heterocycles. The van der Waals surface area contributed by atoms with Crippen LogP contribution in [-0.4, -0.2) is 50.3 Å². The zero-order chi connectivity index (χ0) is 21.3. The van der Waals surface area contributed by atoms with Gasteiger partial charge in [-0.05, 0) is 42.8 Å². The van der Waals surface area contributed by atoms with Crippen LogP contribution >= 0.6 is 24.0 Å². The van der Waals surface area contributed by atoms with Gasteiger partial charge in [0, 0.05) is 31.7 Å². The second kappa shape index (κ2) is 12.9. The van der Waals surface area contributed by atoms with E-state index in [0.29, 0.717) is 32.3 Å². The Kier molecular flexibility index (Phi) is 10.6. The largest absolute Gasteiger partial charge is 0.379 e. The lowest BCUT2D eigenvalue weighted by atomic mass is 10.0. The summed E-state index contributed by atoms with van der Waals surface area (Å²) in [6, 6.07) is 9.79. The molecule has 2 aromatic carbocycles. The van der Waals surface area contributed by atoms with Gasteiger partial charge < -0.3 is 15.4 Å². The van der Waals surface area contributed by atoms with Crippen LogP contribution in [0.4, 0.5) is 13.2 Å². The Hall–Kier alpha value is -1.85. The van der Waals surface area contributed by atoms with Gasteiger partial charge in [0.2, 0.25) is 0 Å². The third-order valence-corrected chi connectivity index (χ3v) is 4.96. The molecule has 1 unspecified atom stereocenters. The summed E-state index contributed by atoms with van der Waals surface area (Å²) in [5.74, 6) is -0.766. The number of hydrogen-bond acceptors (Lipinski definition) is 3. The van der Waals surface area contributed by atoms with Gasteiger partial charge in [0.1, 0.15) is 17.5 Å². The standard InChI is InChI=1S/C22H27F3N4O.HI/c1-2-26-22(27-14-17-13-19(24)7-8-20(17)25)28-15-21(29-9-11-30-12-10-29)16-3-5-18(23)6-4-16;/h3-8,13,21H,2,9-12,14-15H2,1H3,(H2,26,27,28);1H. The molecule has 0 spiro atoms. The van der Waals surface area contributed by atoms with E-state index in [1.807, 2.05) is 6.92 Å². The number of morpholine rings is 1. The van der Waals surface area contributed by atoms with Crippen molar-refractivity contribution in [1.82, 2.24) is 15.5 Å². The number of nitrogens with zero attached hydrogens (tertiary/aromatic N) is 2. The second-order valence-electron chi connectivity index (χ2n) is 7.03. The summed E-state index contributed by atoms with van der Waals surface area (Å²) in [6.45, 7) is 5.91. The topological polar surface area (TPSA) is 48.9 Å². The van der Waals surface area contributed by atoms with E-state index in [-0.39, 0.29) is 47.9 Å². The number of guanidine groups is 1. The summed E-state index contributed by atoms with van der Waals surface area (Å²) >= 11 is 0. The highest BCUT2D eigenvalue weighted by atomic mass is 127. The third kappa shape index (κ3) is 7.65. The number of halogens is 4. The number of nitrogens with one attached hydrogen (secondary N) is 2. The smallest absolute Gasteiger partial charge is 0.191 e. The molecule has 9 heteroatoms. The van der Waals surface area contributed by atoms with E-state index >= 15 is 0 Å². The van der Waals surface area contributed by atoms with Crippen LogP contribution in [0.3, 0.4) is 0 Å². The molecule has 2 aromatic rings. The number of hydrogen-bond donors (Lipinski definition) is 2. The van der Waals surface area contributed by atoms with Gasteiger partial charge >= 0.3 is 0 Å². The molecule has 1 aliphatic heterocycles. The molecule has 1 heterocycles. The fraction of sp³-hybridized carbons (Fsp3) is 0.409. The SMILES string of the molecule is CCNC(=NCc1cc(F)ccc1F)NCC(c1ccc(F)cc1)N1CCOCC1.I. The predicted molar refractivity (Wildman–Crippen MR) is 126 cm³/mol. The van der Waals surface area contributed by atoms with E-state index in [9.17, 15) is 13.2 Å². The molecule has 31 heavy (non-hydrogen) atoms. The molecule has 2 N–H and O–H groups in total. The lowest BCUT2D eigenvalue weighted by Crippen LogP contribution is -2.46. The third-order valence-electron chi connectivity index (χ3n) is 4.96. The normalized spacial score (nSPS) is 15.8. The van der Waals surface area contributed by atoms with Crippen molar-refractivity contribution in [2.24, 2.45) is 4.99 Å². The Bertz CT molecular complexity index is 845. The molecular weight excluding hydrogens is 520 g/mol. The van der Waals surface area contributed by atoms with Crippen LogP contribution in [0.15, 0.2) is 47.5 Å². The molecule has 3 rings (SSSR count). The molecule has 1 fully saturated rings. The van der Waals surface area contributed by atoms with Gasteiger partial charge in [0.25, 0.3) is 0 Å². The zero-order valence-corrected chi connectivity index (χ0v) is 19.7. The van der Waals surface area contributed by atoms with Crippen molar-refractivity contribution in [2.75, 3.05) is 39.4 Å². The van der Waals surface area contributed by atoms with Gasteiger partial charge in [-0.2, -0.15) is 0 Å². The van der Waals surface area contributed by atoms with Crippen LogP contribution in [0.1, 0.15) is 24.1 Å². The van der Waals surface area contributed by atoms with Crippen LogP contribution in [0, 0.1) is 17.5 Å². The summed E-state index contributed by atoms with van der Waals surface area (Å²) in [5, 5.41) is 6.41. The average Bonchev–Trinajstić information content (AvgIpc) is 2.76. The van der Waals surface area contributed by atoms with E-state index in [2.05, 4.69) is 20.5 Å². The van der Waals surface area contributed by atoms with Gasteiger partial charge in [-0.3, -0.25) is 4.90 Å². The highest BCUT2D eigenvalue weighted by Gasteiger charge is 2.23. The van der Waals surface area contributed by atoms with Crippen LogP contribution in [0.5, 0.6) is 0 Å². The molecule has 0 aliphatic carbocycles. The highest BCUT2D eigenvalue weighted by molar-refractivity contribution is 14.0. The van der Waals surface area contributed by atoms with Crippen LogP contribution < -0.4 is 10.6 Å². The van der Waals surface area contributed by atoms with Crippen molar-refractivity contribution in [3.8, 4) is 0 Å². The average molecular weight is 548 g/mol. The maximum Gasteiger partial charge on any atom is 0.191 e. The minimum atomic E-state index is -0.497. The van der Waals surface area contributed by atoms with E-state index in [1.165, 1.54) is 12.1 Å². The molecule has 1 aliphatic rings. The molecule has 1 saturated heterocycles. The van der Waals surface area contributed by atoms with Crippen molar-refractivity contribution >= 4 is 29.9 Å². The zero-order valence-electron chi connectivity index (χ0n) is 17.4. The van der Waals surface area contributed by atoms with E-state index in [4.69, 9.17) is 4.74 Å². The van der Waals surface area contributed by atoms with Gasteiger partial charge in [-0.1, -0.05) is 12.1 Å². The number of aliphatic imine (C=N–C) groups is 1. The first-order valence-corrected chi connectivity index (χ1v) is 10.1. The summed E-state index contributed by atoms with van der Waals surface area (Å²) < 4.78 is 46.1. The first-order valence-electron chi connectivity index (χ1n) is 10.1. The monoisotopic (exact) mass is 548 g/mol.